The summed E-state index contributed by atoms with van der Waals surface area (Å²) in [6.07, 6.45) is 6.20. The van der Waals surface area contributed by atoms with Crippen LogP contribution >= 0.6 is 0 Å². The van der Waals surface area contributed by atoms with E-state index >= 15 is 0 Å². The number of nitrogens with one attached hydrogen (secondary N) is 1. The molecule has 6 heterocycles. The molecule has 6 rings (SSSR count). The number of pyridine rings is 1. The molecular weight excluding hydrogens is 382 g/mol. The lowest BCUT2D eigenvalue weighted by molar-refractivity contribution is 0.500. The van der Waals surface area contributed by atoms with Crippen LogP contribution in [0.15, 0.2) is 47.4 Å². The standard InChI is InChI=1S/C20H19N9O/c1-12-4-3-8-29-16(12)10-14(26-29)18-17-13(21-11-22-17)6-9-28(18)20-25-24-19(30-20)15-5-7-23-27(15)2/h3-5,7-8,10-11,18H,6,9H2,1-2H3,(H,21,22)/t18-/m1/s1. The van der Waals surface area contributed by atoms with E-state index in [1.54, 1.807) is 17.2 Å². The quantitative estimate of drug-likeness (QED) is 0.494. The van der Waals surface area contributed by atoms with Crippen LogP contribution in [0.2, 0.25) is 0 Å². The fraction of sp³-hybridized carbons (Fsp3) is 0.250. The molecule has 10 heteroatoms. The molecule has 150 valence electrons. The van der Waals surface area contributed by atoms with E-state index in [-0.39, 0.29) is 6.04 Å². The van der Waals surface area contributed by atoms with Crippen molar-refractivity contribution >= 4 is 11.5 Å². The maximum atomic E-state index is 6.06. The Labute approximate surface area is 171 Å². The van der Waals surface area contributed by atoms with Gasteiger partial charge in [-0.15, -0.1) is 5.10 Å². The molecule has 10 nitrogen and oxygen atoms in total. The van der Waals surface area contributed by atoms with Crippen molar-refractivity contribution in [2.24, 2.45) is 7.05 Å². The third-order valence-electron chi connectivity index (χ3n) is 5.64. The van der Waals surface area contributed by atoms with Gasteiger partial charge in [0.1, 0.15) is 11.7 Å². The van der Waals surface area contributed by atoms with E-state index < -0.39 is 0 Å². The molecule has 5 aromatic heterocycles. The Hall–Kier alpha value is -3.95. The van der Waals surface area contributed by atoms with Crippen molar-refractivity contribution in [2.75, 3.05) is 11.4 Å². The largest absolute Gasteiger partial charge is 0.402 e. The molecule has 0 aromatic carbocycles. The van der Waals surface area contributed by atoms with Gasteiger partial charge < -0.3 is 14.3 Å². The van der Waals surface area contributed by atoms with Crippen molar-refractivity contribution in [3.8, 4) is 11.6 Å². The van der Waals surface area contributed by atoms with Gasteiger partial charge in [0.15, 0.2) is 0 Å². The Kier molecular flexibility index (Phi) is 3.55. The smallest absolute Gasteiger partial charge is 0.319 e. The molecule has 1 aliphatic heterocycles. The highest BCUT2D eigenvalue weighted by molar-refractivity contribution is 5.57. The maximum Gasteiger partial charge on any atom is 0.319 e. The summed E-state index contributed by atoms with van der Waals surface area (Å²) in [4.78, 5) is 9.94. The summed E-state index contributed by atoms with van der Waals surface area (Å²) in [7, 11) is 1.85. The topological polar surface area (TPSA) is 106 Å². The molecule has 0 aliphatic carbocycles. The van der Waals surface area contributed by atoms with Crippen LogP contribution < -0.4 is 4.90 Å². The fourth-order valence-corrected chi connectivity index (χ4v) is 4.11. The maximum absolute atomic E-state index is 6.06. The number of H-pyrrole nitrogens is 1. The van der Waals surface area contributed by atoms with Gasteiger partial charge in [-0.2, -0.15) is 10.2 Å². The van der Waals surface area contributed by atoms with E-state index in [0.717, 1.165) is 40.3 Å². The third kappa shape index (κ3) is 2.46. The van der Waals surface area contributed by atoms with Crippen molar-refractivity contribution in [3.05, 3.63) is 65.6 Å². The molecule has 1 N–H and O–H groups in total. The summed E-state index contributed by atoms with van der Waals surface area (Å²) in [5, 5.41) is 17.6. The van der Waals surface area contributed by atoms with Crippen molar-refractivity contribution < 1.29 is 4.42 Å². The van der Waals surface area contributed by atoms with Crippen molar-refractivity contribution in [1.82, 2.24) is 39.6 Å². The molecule has 1 atom stereocenters. The molecule has 5 aromatic rings. The number of hydrogen-bond acceptors (Lipinski definition) is 7. The van der Waals surface area contributed by atoms with Gasteiger partial charge in [-0.25, -0.2) is 9.50 Å². The van der Waals surface area contributed by atoms with E-state index in [1.807, 2.05) is 29.9 Å². The zero-order valence-corrected chi connectivity index (χ0v) is 16.5. The Morgan fingerprint density at radius 3 is 3.00 bits per heavy atom. The Morgan fingerprint density at radius 2 is 2.17 bits per heavy atom. The zero-order valence-electron chi connectivity index (χ0n) is 16.5. The molecule has 0 amide bonds. The van der Waals surface area contributed by atoms with Crippen LogP contribution in [0.25, 0.3) is 17.1 Å². The van der Waals surface area contributed by atoms with Crippen LogP contribution in [0.5, 0.6) is 0 Å². The Bertz CT molecular complexity index is 1360. The van der Waals surface area contributed by atoms with Crippen molar-refractivity contribution in [1.29, 1.82) is 0 Å². The van der Waals surface area contributed by atoms with Crippen LogP contribution in [0.3, 0.4) is 0 Å². The normalized spacial score (nSPS) is 16.3. The highest BCUT2D eigenvalue weighted by Crippen LogP contribution is 2.37. The second kappa shape index (κ2) is 6.28. The van der Waals surface area contributed by atoms with Gasteiger partial charge in [-0.05, 0) is 30.7 Å². The lowest BCUT2D eigenvalue weighted by Crippen LogP contribution is -2.36. The first-order valence-electron chi connectivity index (χ1n) is 9.74. The fourth-order valence-electron chi connectivity index (χ4n) is 4.11. The average molecular weight is 401 g/mol. The lowest BCUT2D eigenvalue weighted by Gasteiger charge is -2.32. The summed E-state index contributed by atoms with van der Waals surface area (Å²) < 4.78 is 9.67. The first kappa shape index (κ1) is 17.0. The molecule has 0 radical (unpaired) electrons. The SMILES string of the molecule is Cc1cccn2nc([C@@H]3c4nc[nH]c4CCN3c3nnc(-c4ccnn4C)o3)cc12. The van der Waals surface area contributed by atoms with Crippen LogP contribution in [0.4, 0.5) is 6.01 Å². The molecular formula is C20H19N9O. The molecule has 0 unspecified atom stereocenters. The minimum Gasteiger partial charge on any atom is -0.402 e. The van der Waals surface area contributed by atoms with E-state index in [1.165, 1.54) is 0 Å². The number of anilines is 1. The van der Waals surface area contributed by atoms with E-state index in [0.29, 0.717) is 18.5 Å². The monoisotopic (exact) mass is 401 g/mol. The molecule has 0 spiro atoms. The lowest BCUT2D eigenvalue weighted by atomic mass is 10.00. The second-order valence-corrected chi connectivity index (χ2v) is 7.43. The number of fused-ring (bicyclic) bond motifs is 2. The number of nitrogens with zero attached hydrogens (tertiary/aromatic N) is 8. The number of aromatic nitrogens is 8. The number of aromatic amines is 1. The van der Waals surface area contributed by atoms with E-state index in [9.17, 15) is 0 Å². The van der Waals surface area contributed by atoms with E-state index in [4.69, 9.17) is 9.52 Å². The summed E-state index contributed by atoms with van der Waals surface area (Å²) in [5.41, 5.74) is 5.93. The zero-order chi connectivity index (χ0) is 20.2. The van der Waals surface area contributed by atoms with Gasteiger partial charge in [0.2, 0.25) is 0 Å². The van der Waals surface area contributed by atoms with Gasteiger partial charge in [0.05, 0.1) is 23.2 Å². The predicted octanol–water partition coefficient (Wildman–Crippen LogP) is 2.30. The number of aryl methyl sites for hydroxylation is 2. The summed E-state index contributed by atoms with van der Waals surface area (Å²) in [5.74, 6) is 0.433. The predicted molar refractivity (Wildman–Crippen MR) is 108 cm³/mol. The third-order valence-corrected chi connectivity index (χ3v) is 5.64. The first-order valence-corrected chi connectivity index (χ1v) is 9.74. The molecule has 0 saturated heterocycles. The van der Waals surface area contributed by atoms with Gasteiger partial charge in [-0.1, -0.05) is 11.2 Å². The van der Waals surface area contributed by atoms with Gasteiger partial charge in [-0.3, -0.25) is 4.68 Å². The highest BCUT2D eigenvalue weighted by atomic mass is 16.4. The van der Waals surface area contributed by atoms with Gasteiger partial charge in [0, 0.05) is 38.1 Å². The Balaban J connectivity index is 1.47. The molecule has 1 aliphatic rings. The number of imidazole rings is 1. The average Bonchev–Trinajstić information content (AvgIpc) is 3.52. The summed E-state index contributed by atoms with van der Waals surface area (Å²) >= 11 is 0. The van der Waals surface area contributed by atoms with Crippen LogP contribution in [0.1, 0.15) is 28.7 Å². The Morgan fingerprint density at radius 1 is 1.23 bits per heavy atom. The number of hydrogen-bond donors (Lipinski definition) is 1. The van der Waals surface area contributed by atoms with Gasteiger partial charge in [0.25, 0.3) is 5.89 Å². The first-order chi connectivity index (χ1) is 14.7. The minimum atomic E-state index is -0.223. The van der Waals surface area contributed by atoms with Gasteiger partial charge >= 0.3 is 6.01 Å². The van der Waals surface area contributed by atoms with Crippen molar-refractivity contribution in [3.63, 3.8) is 0 Å². The van der Waals surface area contributed by atoms with Crippen LogP contribution in [-0.4, -0.2) is 46.1 Å². The summed E-state index contributed by atoms with van der Waals surface area (Å²) in [6.45, 7) is 2.79. The van der Waals surface area contributed by atoms with Crippen molar-refractivity contribution in [2.45, 2.75) is 19.4 Å². The minimum absolute atomic E-state index is 0.223. The number of rotatable bonds is 3. The van der Waals surface area contributed by atoms with Crippen LogP contribution in [-0.2, 0) is 13.5 Å². The second-order valence-electron chi connectivity index (χ2n) is 7.43. The molecule has 30 heavy (non-hydrogen) atoms. The highest BCUT2D eigenvalue weighted by Gasteiger charge is 2.36. The summed E-state index contributed by atoms with van der Waals surface area (Å²) in [6, 6.07) is 8.25. The molecule has 0 saturated carbocycles. The van der Waals surface area contributed by atoms with E-state index in [2.05, 4.69) is 49.2 Å². The molecule has 0 bridgehead atoms. The van der Waals surface area contributed by atoms with Crippen LogP contribution in [0, 0.1) is 6.92 Å². The molecule has 0 fully saturated rings.